The second-order valence-corrected chi connectivity index (χ2v) is 6.64. The highest BCUT2D eigenvalue weighted by Gasteiger charge is 2.34. The van der Waals surface area contributed by atoms with Gasteiger partial charge in [0, 0.05) is 29.7 Å². The van der Waals surface area contributed by atoms with Crippen LogP contribution in [0.15, 0.2) is 42.5 Å². The van der Waals surface area contributed by atoms with Crippen molar-refractivity contribution in [1.82, 2.24) is 9.88 Å². The molecule has 1 unspecified atom stereocenters. The summed E-state index contributed by atoms with van der Waals surface area (Å²) in [6.07, 6.45) is 2.20. The van der Waals surface area contributed by atoms with Crippen molar-refractivity contribution >= 4 is 23.3 Å². The lowest BCUT2D eigenvalue weighted by Crippen LogP contribution is -2.39. The molecule has 1 N–H and O–H groups in total. The van der Waals surface area contributed by atoms with Gasteiger partial charge in [0.15, 0.2) is 0 Å². The van der Waals surface area contributed by atoms with E-state index >= 15 is 0 Å². The van der Waals surface area contributed by atoms with Crippen LogP contribution in [0.5, 0.6) is 5.75 Å². The van der Waals surface area contributed by atoms with Crippen LogP contribution in [0.25, 0.3) is 10.9 Å². The molecular formula is C20H21ClN2O. The summed E-state index contributed by atoms with van der Waals surface area (Å²) >= 11 is 0. The highest BCUT2D eigenvalue weighted by atomic mass is 35.5. The zero-order chi connectivity index (χ0) is 15.4. The van der Waals surface area contributed by atoms with Crippen LogP contribution in [0.1, 0.15) is 28.4 Å². The Labute approximate surface area is 148 Å². The van der Waals surface area contributed by atoms with Crippen molar-refractivity contribution in [2.75, 3.05) is 13.7 Å². The molecule has 0 amide bonds. The van der Waals surface area contributed by atoms with Gasteiger partial charge in [-0.05, 0) is 47.7 Å². The van der Waals surface area contributed by atoms with E-state index in [0.717, 1.165) is 31.7 Å². The topological polar surface area (TPSA) is 28.3 Å². The van der Waals surface area contributed by atoms with E-state index in [1.807, 2.05) is 0 Å². The molecule has 0 fully saturated rings. The van der Waals surface area contributed by atoms with Crippen LogP contribution < -0.4 is 4.74 Å². The highest BCUT2D eigenvalue weighted by Crippen LogP contribution is 2.40. The number of fused-ring (bicyclic) bond motifs is 6. The molecule has 4 heteroatoms. The first kappa shape index (κ1) is 15.6. The SMILES string of the molecule is COc1ccc2c(c1)CC1c3[nH]c4ccccc4c3CCN1C2.Cl. The zero-order valence-electron chi connectivity index (χ0n) is 13.7. The summed E-state index contributed by atoms with van der Waals surface area (Å²) in [7, 11) is 1.74. The standard InChI is InChI=1S/C20H20N2O.ClH/c1-23-15-7-6-13-12-22-9-8-17-16-4-2-3-5-18(16)21-20(17)19(22)11-14(13)10-15;/h2-7,10,19,21H,8-9,11-12H2,1H3;1H. The number of hydrogen-bond acceptors (Lipinski definition) is 2. The summed E-state index contributed by atoms with van der Waals surface area (Å²) in [4.78, 5) is 6.32. The monoisotopic (exact) mass is 340 g/mol. The molecule has 5 rings (SSSR count). The minimum Gasteiger partial charge on any atom is -0.497 e. The molecule has 24 heavy (non-hydrogen) atoms. The lowest BCUT2D eigenvalue weighted by molar-refractivity contribution is 0.158. The Hall–Kier alpha value is -1.97. The minimum absolute atomic E-state index is 0. The maximum absolute atomic E-state index is 5.41. The fraction of sp³-hybridized carbons (Fsp3) is 0.300. The van der Waals surface area contributed by atoms with E-state index in [1.165, 1.54) is 33.3 Å². The molecule has 1 aromatic heterocycles. The van der Waals surface area contributed by atoms with Gasteiger partial charge in [0.25, 0.3) is 0 Å². The van der Waals surface area contributed by atoms with Crippen molar-refractivity contribution in [3.63, 3.8) is 0 Å². The smallest absolute Gasteiger partial charge is 0.119 e. The van der Waals surface area contributed by atoms with Crippen LogP contribution in [0, 0.1) is 0 Å². The third kappa shape index (κ3) is 2.23. The summed E-state index contributed by atoms with van der Waals surface area (Å²) < 4.78 is 5.41. The van der Waals surface area contributed by atoms with Gasteiger partial charge < -0.3 is 9.72 Å². The van der Waals surface area contributed by atoms with Crippen molar-refractivity contribution < 1.29 is 4.74 Å². The molecule has 0 saturated heterocycles. The third-order valence-electron chi connectivity index (χ3n) is 5.47. The molecule has 3 aromatic rings. The van der Waals surface area contributed by atoms with Crippen LogP contribution in [-0.4, -0.2) is 23.5 Å². The van der Waals surface area contributed by atoms with E-state index in [9.17, 15) is 0 Å². The van der Waals surface area contributed by atoms with Crippen molar-refractivity contribution in [3.05, 3.63) is 64.8 Å². The van der Waals surface area contributed by atoms with Gasteiger partial charge >= 0.3 is 0 Å². The Morgan fingerprint density at radius 1 is 1.12 bits per heavy atom. The molecule has 0 radical (unpaired) electrons. The van der Waals surface area contributed by atoms with Gasteiger partial charge in [0.05, 0.1) is 13.2 Å². The Balaban J connectivity index is 0.00000146. The predicted octanol–water partition coefficient (Wildman–Crippen LogP) is 4.25. The number of hydrogen-bond donors (Lipinski definition) is 1. The van der Waals surface area contributed by atoms with Gasteiger partial charge in [-0.1, -0.05) is 24.3 Å². The number of nitrogens with zero attached hydrogens (tertiary/aromatic N) is 1. The maximum Gasteiger partial charge on any atom is 0.119 e. The number of aromatic nitrogens is 1. The summed E-state index contributed by atoms with van der Waals surface area (Å²) in [5, 5.41) is 1.40. The zero-order valence-corrected chi connectivity index (χ0v) is 14.5. The van der Waals surface area contributed by atoms with Crippen molar-refractivity contribution in [3.8, 4) is 5.75 Å². The normalized spacial score (nSPS) is 19.1. The van der Waals surface area contributed by atoms with Crippen molar-refractivity contribution in [2.24, 2.45) is 0 Å². The molecule has 2 aromatic carbocycles. The molecule has 0 bridgehead atoms. The second kappa shape index (κ2) is 5.83. The predicted molar refractivity (Wildman–Crippen MR) is 99.1 cm³/mol. The number of halogens is 1. The summed E-state index contributed by atoms with van der Waals surface area (Å²) in [5.74, 6) is 0.963. The molecule has 1 atom stereocenters. The number of methoxy groups -OCH3 is 1. The van der Waals surface area contributed by atoms with Crippen LogP contribution >= 0.6 is 12.4 Å². The average molecular weight is 341 g/mol. The Kier molecular flexibility index (Phi) is 3.78. The lowest BCUT2D eigenvalue weighted by Gasteiger charge is -2.40. The molecule has 124 valence electrons. The summed E-state index contributed by atoms with van der Waals surface area (Å²) in [6, 6.07) is 15.7. The van der Waals surface area contributed by atoms with Crippen LogP contribution in [0.2, 0.25) is 0 Å². The first-order valence-corrected chi connectivity index (χ1v) is 8.33. The minimum atomic E-state index is 0. The number of H-pyrrole nitrogens is 1. The fourth-order valence-electron chi connectivity index (χ4n) is 4.29. The third-order valence-corrected chi connectivity index (χ3v) is 5.47. The molecule has 3 nitrogen and oxygen atoms in total. The first-order chi connectivity index (χ1) is 11.3. The van der Waals surface area contributed by atoms with E-state index in [0.29, 0.717) is 6.04 Å². The van der Waals surface area contributed by atoms with Crippen LogP contribution in [-0.2, 0) is 19.4 Å². The van der Waals surface area contributed by atoms with E-state index in [4.69, 9.17) is 4.74 Å². The Morgan fingerprint density at radius 3 is 2.88 bits per heavy atom. The second-order valence-electron chi connectivity index (χ2n) is 6.64. The fourth-order valence-corrected chi connectivity index (χ4v) is 4.29. The summed E-state index contributed by atoms with van der Waals surface area (Å²) in [5.41, 5.74) is 7.09. The van der Waals surface area contributed by atoms with Gasteiger partial charge in [-0.25, -0.2) is 0 Å². The first-order valence-electron chi connectivity index (χ1n) is 8.33. The van der Waals surface area contributed by atoms with Crippen molar-refractivity contribution in [1.29, 1.82) is 0 Å². The molecule has 2 aliphatic rings. The van der Waals surface area contributed by atoms with Crippen molar-refractivity contribution in [2.45, 2.75) is 25.4 Å². The number of benzene rings is 2. The largest absolute Gasteiger partial charge is 0.497 e. The molecule has 2 aliphatic heterocycles. The van der Waals surface area contributed by atoms with E-state index in [1.54, 1.807) is 7.11 Å². The Bertz CT molecular complexity index is 902. The molecule has 3 heterocycles. The average Bonchev–Trinajstić information content (AvgIpc) is 2.98. The lowest BCUT2D eigenvalue weighted by atomic mass is 9.87. The van der Waals surface area contributed by atoms with Crippen LogP contribution in [0.3, 0.4) is 0 Å². The van der Waals surface area contributed by atoms with Gasteiger partial charge in [-0.2, -0.15) is 0 Å². The van der Waals surface area contributed by atoms with E-state index < -0.39 is 0 Å². The molecule has 0 aliphatic carbocycles. The quantitative estimate of drug-likeness (QED) is 0.717. The Morgan fingerprint density at radius 2 is 2.00 bits per heavy atom. The maximum atomic E-state index is 5.41. The van der Waals surface area contributed by atoms with E-state index in [2.05, 4.69) is 52.3 Å². The number of para-hydroxylation sites is 1. The number of nitrogens with one attached hydrogen (secondary N) is 1. The van der Waals surface area contributed by atoms with Crippen LogP contribution in [0.4, 0.5) is 0 Å². The number of ether oxygens (including phenoxy) is 1. The van der Waals surface area contributed by atoms with Gasteiger partial charge in [-0.15, -0.1) is 12.4 Å². The molecule has 0 saturated carbocycles. The molecular weight excluding hydrogens is 320 g/mol. The van der Waals surface area contributed by atoms with Gasteiger partial charge in [0.2, 0.25) is 0 Å². The molecule has 0 spiro atoms. The van der Waals surface area contributed by atoms with E-state index in [-0.39, 0.29) is 12.4 Å². The number of rotatable bonds is 1. The summed E-state index contributed by atoms with van der Waals surface area (Å²) in [6.45, 7) is 2.18. The van der Waals surface area contributed by atoms with Gasteiger partial charge in [-0.3, -0.25) is 4.90 Å². The highest BCUT2D eigenvalue weighted by molar-refractivity contribution is 5.85. The number of aromatic amines is 1. The van der Waals surface area contributed by atoms with Gasteiger partial charge in [0.1, 0.15) is 5.75 Å².